The van der Waals surface area contributed by atoms with Gasteiger partial charge in [0.25, 0.3) is 0 Å². The second kappa shape index (κ2) is 4.48. The summed E-state index contributed by atoms with van der Waals surface area (Å²) in [4.78, 5) is 10.4. The fourth-order valence-corrected chi connectivity index (χ4v) is 1.32. The summed E-state index contributed by atoms with van der Waals surface area (Å²) in [6.45, 7) is -0.363. The summed E-state index contributed by atoms with van der Waals surface area (Å²) in [5.41, 5.74) is 0.716. The molecule has 16 heavy (non-hydrogen) atoms. The van der Waals surface area contributed by atoms with E-state index in [2.05, 4.69) is 5.10 Å². The van der Waals surface area contributed by atoms with Crippen molar-refractivity contribution < 1.29 is 14.6 Å². The Balaban J connectivity index is 2.27. The number of hydrogen-bond acceptors (Lipinski definition) is 3. The average molecular weight is 218 g/mol. The molecule has 82 valence electrons. The highest BCUT2D eigenvalue weighted by atomic mass is 16.5. The van der Waals surface area contributed by atoms with Crippen molar-refractivity contribution in [3.63, 3.8) is 0 Å². The molecule has 5 heteroatoms. The maximum atomic E-state index is 10.4. The van der Waals surface area contributed by atoms with Gasteiger partial charge in [0, 0.05) is 12.4 Å². The number of aromatic nitrogens is 2. The summed E-state index contributed by atoms with van der Waals surface area (Å²) in [7, 11) is 0. The molecule has 0 fully saturated rings. The third-order valence-electron chi connectivity index (χ3n) is 1.97. The van der Waals surface area contributed by atoms with Crippen molar-refractivity contribution in [2.45, 2.75) is 0 Å². The van der Waals surface area contributed by atoms with Gasteiger partial charge in [0.1, 0.15) is 11.4 Å². The first-order chi connectivity index (χ1) is 7.77. The molecule has 5 nitrogen and oxygen atoms in total. The number of hydrogen-bond donors (Lipinski definition) is 1. The van der Waals surface area contributed by atoms with Crippen LogP contribution in [0.4, 0.5) is 0 Å². The third kappa shape index (κ3) is 2.20. The molecule has 0 saturated carbocycles. The Morgan fingerprint density at radius 2 is 2.19 bits per heavy atom. The van der Waals surface area contributed by atoms with E-state index in [1.807, 2.05) is 12.1 Å². The van der Waals surface area contributed by atoms with Crippen LogP contribution >= 0.6 is 0 Å². The van der Waals surface area contributed by atoms with Crippen LogP contribution in [0.3, 0.4) is 0 Å². The predicted octanol–water partition coefficient (Wildman–Crippen LogP) is 1.34. The van der Waals surface area contributed by atoms with Crippen LogP contribution in [-0.4, -0.2) is 27.5 Å². The monoisotopic (exact) mass is 218 g/mol. The summed E-state index contributed by atoms with van der Waals surface area (Å²) in [6.07, 6.45) is 3.41. The van der Waals surface area contributed by atoms with Crippen LogP contribution in [0.15, 0.2) is 42.7 Å². The molecule has 1 heterocycles. The van der Waals surface area contributed by atoms with Crippen molar-refractivity contribution >= 4 is 5.97 Å². The predicted molar refractivity (Wildman–Crippen MR) is 56.7 cm³/mol. The molecule has 1 aromatic carbocycles. The number of carboxylic acid groups (broad SMARTS) is 1. The van der Waals surface area contributed by atoms with Gasteiger partial charge in [-0.15, -0.1) is 0 Å². The minimum absolute atomic E-state index is 0.363. The molecule has 0 bridgehead atoms. The third-order valence-corrected chi connectivity index (χ3v) is 1.97. The van der Waals surface area contributed by atoms with Crippen LogP contribution in [-0.2, 0) is 4.79 Å². The maximum absolute atomic E-state index is 10.4. The van der Waals surface area contributed by atoms with E-state index in [-0.39, 0.29) is 6.61 Å². The minimum atomic E-state index is -1.00. The number of nitrogens with zero attached hydrogens (tertiary/aromatic N) is 2. The Labute approximate surface area is 91.9 Å². The second-order valence-corrected chi connectivity index (χ2v) is 3.10. The Bertz CT molecular complexity index is 480. The molecule has 0 unspecified atom stereocenters. The number of rotatable bonds is 4. The van der Waals surface area contributed by atoms with Crippen LogP contribution in [0.1, 0.15) is 0 Å². The molecule has 0 atom stereocenters. The Hall–Kier alpha value is -2.30. The number of ether oxygens (including phenoxy) is 1. The Kier molecular flexibility index (Phi) is 2.86. The lowest BCUT2D eigenvalue weighted by atomic mass is 10.3. The summed E-state index contributed by atoms with van der Waals surface area (Å²) >= 11 is 0. The highest BCUT2D eigenvalue weighted by Crippen LogP contribution is 2.21. The molecule has 0 spiro atoms. The van der Waals surface area contributed by atoms with Crippen LogP contribution < -0.4 is 4.74 Å². The van der Waals surface area contributed by atoms with E-state index in [9.17, 15) is 4.79 Å². The van der Waals surface area contributed by atoms with Gasteiger partial charge in [0.15, 0.2) is 6.61 Å². The molecule has 1 aromatic heterocycles. The van der Waals surface area contributed by atoms with Crippen molar-refractivity contribution in [1.82, 2.24) is 9.78 Å². The fourth-order valence-electron chi connectivity index (χ4n) is 1.32. The van der Waals surface area contributed by atoms with Crippen LogP contribution in [0.2, 0.25) is 0 Å². The SMILES string of the molecule is O=C(O)COc1ccccc1-n1cccn1. The first-order valence-corrected chi connectivity index (χ1v) is 4.71. The second-order valence-electron chi connectivity index (χ2n) is 3.10. The zero-order valence-electron chi connectivity index (χ0n) is 8.41. The van der Waals surface area contributed by atoms with Crippen LogP contribution in [0, 0.1) is 0 Å². The fraction of sp³-hybridized carbons (Fsp3) is 0.0909. The lowest BCUT2D eigenvalue weighted by molar-refractivity contribution is -0.139. The summed E-state index contributed by atoms with van der Waals surface area (Å²) < 4.78 is 6.78. The number of carbonyl (C=O) groups is 1. The molecule has 2 aromatic rings. The minimum Gasteiger partial charge on any atom is -0.480 e. The van der Waals surface area contributed by atoms with Gasteiger partial charge in [-0.25, -0.2) is 9.48 Å². The maximum Gasteiger partial charge on any atom is 0.341 e. The molecular weight excluding hydrogens is 208 g/mol. The van der Waals surface area contributed by atoms with Crippen molar-refractivity contribution in [2.24, 2.45) is 0 Å². The van der Waals surface area contributed by atoms with Gasteiger partial charge in [0.05, 0.1) is 0 Å². The highest BCUT2D eigenvalue weighted by Gasteiger charge is 2.06. The van der Waals surface area contributed by atoms with Crippen molar-refractivity contribution in [2.75, 3.05) is 6.61 Å². The highest BCUT2D eigenvalue weighted by molar-refractivity contribution is 5.68. The van der Waals surface area contributed by atoms with Gasteiger partial charge >= 0.3 is 5.97 Å². The molecule has 0 aliphatic carbocycles. The van der Waals surface area contributed by atoms with Crippen molar-refractivity contribution in [3.05, 3.63) is 42.7 Å². The topological polar surface area (TPSA) is 64.3 Å². The smallest absolute Gasteiger partial charge is 0.341 e. The van der Waals surface area contributed by atoms with Gasteiger partial charge in [-0.1, -0.05) is 12.1 Å². The van der Waals surface area contributed by atoms with Crippen LogP contribution in [0.5, 0.6) is 5.75 Å². The average Bonchev–Trinajstić information content (AvgIpc) is 2.80. The number of benzene rings is 1. The number of para-hydroxylation sites is 2. The largest absolute Gasteiger partial charge is 0.480 e. The summed E-state index contributed by atoms with van der Waals surface area (Å²) in [6, 6.07) is 8.92. The Morgan fingerprint density at radius 1 is 1.38 bits per heavy atom. The van der Waals surface area contributed by atoms with E-state index in [0.717, 1.165) is 0 Å². The number of aliphatic carboxylic acids is 1. The molecular formula is C11H10N2O3. The van der Waals surface area contributed by atoms with Gasteiger partial charge in [0.2, 0.25) is 0 Å². The van der Waals surface area contributed by atoms with E-state index in [4.69, 9.17) is 9.84 Å². The molecule has 2 rings (SSSR count). The molecule has 1 N–H and O–H groups in total. The first kappa shape index (κ1) is 10.2. The molecule has 0 radical (unpaired) electrons. The first-order valence-electron chi connectivity index (χ1n) is 4.71. The quantitative estimate of drug-likeness (QED) is 0.840. The lowest BCUT2D eigenvalue weighted by Crippen LogP contribution is -2.11. The van der Waals surface area contributed by atoms with Crippen molar-refractivity contribution in [3.8, 4) is 11.4 Å². The molecule has 0 aliphatic rings. The molecule has 0 amide bonds. The van der Waals surface area contributed by atoms with Crippen LogP contribution in [0.25, 0.3) is 5.69 Å². The molecule has 0 aliphatic heterocycles. The van der Waals surface area contributed by atoms with E-state index in [1.54, 1.807) is 35.3 Å². The molecule has 0 saturated heterocycles. The van der Waals surface area contributed by atoms with Gasteiger partial charge in [-0.05, 0) is 18.2 Å². The zero-order chi connectivity index (χ0) is 11.4. The van der Waals surface area contributed by atoms with E-state index >= 15 is 0 Å². The van der Waals surface area contributed by atoms with Gasteiger partial charge < -0.3 is 9.84 Å². The summed E-state index contributed by atoms with van der Waals surface area (Å²) in [5, 5.41) is 12.6. The normalized spacial score (nSPS) is 10.0. The van der Waals surface area contributed by atoms with E-state index < -0.39 is 5.97 Å². The standard InChI is InChI=1S/C11H10N2O3/c14-11(15)8-16-10-5-2-1-4-9(10)13-7-3-6-12-13/h1-7H,8H2,(H,14,15). The van der Waals surface area contributed by atoms with Gasteiger partial charge in [-0.2, -0.15) is 5.10 Å². The lowest BCUT2D eigenvalue weighted by Gasteiger charge is -2.09. The van der Waals surface area contributed by atoms with Crippen molar-refractivity contribution in [1.29, 1.82) is 0 Å². The zero-order valence-corrected chi connectivity index (χ0v) is 8.41. The summed E-state index contributed by atoms with van der Waals surface area (Å²) in [5.74, 6) is -0.510. The number of carboxylic acids is 1. The Morgan fingerprint density at radius 3 is 2.88 bits per heavy atom. The van der Waals surface area contributed by atoms with E-state index in [1.165, 1.54) is 0 Å². The van der Waals surface area contributed by atoms with Gasteiger partial charge in [-0.3, -0.25) is 0 Å². The van der Waals surface area contributed by atoms with E-state index in [0.29, 0.717) is 11.4 Å².